The number of carbonyl (C=O) groups excluding carboxylic acids is 1. The third-order valence-corrected chi connectivity index (χ3v) is 2.08. The van der Waals surface area contributed by atoms with Crippen LogP contribution < -0.4 is 5.73 Å². The van der Waals surface area contributed by atoms with E-state index >= 15 is 0 Å². The summed E-state index contributed by atoms with van der Waals surface area (Å²) in [6.07, 6.45) is -0.325. The second-order valence-electron chi connectivity index (χ2n) is 4.14. The van der Waals surface area contributed by atoms with Gasteiger partial charge in [-0.1, -0.05) is 0 Å². The van der Waals surface area contributed by atoms with Crippen LogP contribution in [-0.4, -0.2) is 40.0 Å². The molecule has 0 aromatic carbocycles. The standard InChI is InChI=1S/C10H20N2O3/c1-6(2)12(7(3)4)10(15)8(11)5-9(13)14/h6-8H,5,11H2,1-4H3,(H,13,14). The molecule has 0 rings (SSSR count). The molecule has 0 bridgehead atoms. The van der Waals surface area contributed by atoms with Crippen LogP contribution in [0.4, 0.5) is 0 Å². The van der Waals surface area contributed by atoms with Gasteiger partial charge in [0, 0.05) is 12.1 Å². The number of aliphatic carboxylic acids is 1. The minimum atomic E-state index is -1.05. The van der Waals surface area contributed by atoms with Gasteiger partial charge in [0.2, 0.25) is 5.91 Å². The van der Waals surface area contributed by atoms with Gasteiger partial charge in [-0.2, -0.15) is 0 Å². The second kappa shape index (κ2) is 5.70. The molecule has 0 radical (unpaired) electrons. The highest BCUT2D eigenvalue weighted by atomic mass is 16.4. The first kappa shape index (κ1) is 13.9. The van der Waals surface area contributed by atoms with Gasteiger partial charge >= 0.3 is 5.97 Å². The first-order chi connectivity index (χ1) is 6.77. The van der Waals surface area contributed by atoms with E-state index in [9.17, 15) is 9.59 Å². The molecule has 1 unspecified atom stereocenters. The van der Waals surface area contributed by atoms with Crippen molar-refractivity contribution in [1.29, 1.82) is 0 Å². The number of hydrogen-bond acceptors (Lipinski definition) is 3. The highest BCUT2D eigenvalue weighted by Crippen LogP contribution is 2.08. The van der Waals surface area contributed by atoms with Crippen LogP contribution in [0, 0.1) is 0 Å². The van der Waals surface area contributed by atoms with Crippen LogP contribution in [0.25, 0.3) is 0 Å². The predicted molar refractivity (Wildman–Crippen MR) is 57.3 cm³/mol. The summed E-state index contributed by atoms with van der Waals surface area (Å²) in [6, 6.07) is -0.901. The van der Waals surface area contributed by atoms with Crippen molar-refractivity contribution in [3.8, 4) is 0 Å². The molecule has 0 aliphatic rings. The topological polar surface area (TPSA) is 83.6 Å². The molecule has 0 aromatic rings. The Hall–Kier alpha value is -1.10. The lowest BCUT2D eigenvalue weighted by Gasteiger charge is -2.32. The van der Waals surface area contributed by atoms with Crippen LogP contribution in [-0.2, 0) is 9.59 Å². The summed E-state index contributed by atoms with van der Waals surface area (Å²) in [5.41, 5.74) is 5.52. The lowest BCUT2D eigenvalue weighted by atomic mass is 10.1. The quantitative estimate of drug-likeness (QED) is 0.698. The monoisotopic (exact) mass is 216 g/mol. The van der Waals surface area contributed by atoms with E-state index in [0.29, 0.717) is 0 Å². The van der Waals surface area contributed by atoms with Gasteiger partial charge < -0.3 is 15.7 Å². The normalized spacial score (nSPS) is 13.0. The Morgan fingerprint density at radius 1 is 1.20 bits per heavy atom. The zero-order valence-corrected chi connectivity index (χ0v) is 9.73. The number of carboxylic acid groups (broad SMARTS) is 1. The van der Waals surface area contributed by atoms with Gasteiger partial charge in [0.1, 0.15) is 0 Å². The summed E-state index contributed by atoms with van der Waals surface area (Å²) in [5.74, 6) is -1.36. The zero-order chi connectivity index (χ0) is 12.2. The average Bonchev–Trinajstić information content (AvgIpc) is 2.00. The van der Waals surface area contributed by atoms with Crippen molar-refractivity contribution in [3.63, 3.8) is 0 Å². The van der Waals surface area contributed by atoms with Crippen molar-refractivity contribution in [3.05, 3.63) is 0 Å². The van der Waals surface area contributed by atoms with Gasteiger partial charge in [-0.15, -0.1) is 0 Å². The van der Waals surface area contributed by atoms with Crippen molar-refractivity contribution in [2.24, 2.45) is 5.73 Å². The maximum absolute atomic E-state index is 11.8. The van der Waals surface area contributed by atoms with E-state index in [4.69, 9.17) is 10.8 Å². The Morgan fingerprint density at radius 3 is 1.87 bits per heavy atom. The Balaban J connectivity index is 4.57. The molecule has 1 amide bonds. The van der Waals surface area contributed by atoms with Crippen molar-refractivity contribution in [1.82, 2.24) is 4.90 Å². The van der Waals surface area contributed by atoms with Crippen LogP contribution in [0.2, 0.25) is 0 Å². The maximum Gasteiger partial charge on any atom is 0.305 e. The Bertz CT molecular complexity index is 231. The van der Waals surface area contributed by atoms with Crippen LogP contribution >= 0.6 is 0 Å². The van der Waals surface area contributed by atoms with Gasteiger partial charge in [0.05, 0.1) is 12.5 Å². The largest absolute Gasteiger partial charge is 0.481 e. The van der Waals surface area contributed by atoms with Crippen molar-refractivity contribution in [2.45, 2.75) is 52.2 Å². The van der Waals surface area contributed by atoms with Crippen LogP contribution in [0.5, 0.6) is 0 Å². The molecule has 3 N–H and O–H groups in total. The Kier molecular flexibility index (Phi) is 5.28. The lowest BCUT2D eigenvalue weighted by molar-refractivity contribution is -0.143. The predicted octanol–water partition coefficient (Wildman–Crippen LogP) is 0.434. The van der Waals surface area contributed by atoms with Crippen molar-refractivity contribution in [2.75, 3.05) is 0 Å². The summed E-state index contributed by atoms with van der Waals surface area (Å²) in [7, 11) is 0. The molecule has 1 atom stereocenters. The fraction of sp³-hybridized carbons (Fsp3) is 0.800. The fourth-order valence-electron chi connectivity index (χ4n) is 1.57. The molecule has 0 spiro atoms. The van der Waals surface area contributed by atoms with Gasteiger partial charge in [0.25, 0.3) is 0 Å². The Labute approximate surface area is 90.2 Å². The highest BCUT2D eigenvalue weighted by Gasteiger charge is 2.26. The van der Waals surface area contributed by atoms with E-state index in [0.717, 1.165) is 0 Å². The molecule has 0 saturated carbocycles. The van der Waals surface area contributed by atoms with Crippen LogP contribution in [0.3, 0.4) is 0 Å². The first-order valence-corrected chi connectivity index (χ1v) is 5.07. The number of nitrogens with two attached hydrogens (primary N) is 1. The zero-order valence-electron chi connectivity index (χ0n) is 9.73. The lowest BCUT2D eigenvalue weighted by Crippen LogP contribution is -2.50. The number of rotatable bonds is 5. The average molecular weight is 216 g/mol. The molecule has 15 heavy (non-hydrogen) atoms. The first-order valence-electron chi connectivity index (χ1n) is 5.07. The molecule has 5 nitrogen and oxygen atoms in total. The van der Waals surface area contributed by atoms with Crippen molar-refractivity contribution >= 4 is 11.9 Å². The maximum atomic E-state index is 11.8. The third kappa shape index (κ3) is 4.29. The number of carboxylic acids is 1. The molecule has 0 aliphatic heterocycles. The van der Waals surface area contributed by atoms with E-state index in [1.165, 1.54) is 0 Å². The highest BCUT2D eigenvalue weighted by molar-refractivity contribution is 5.86. The molecule has 0 fully saturated rings. The smallest absolute Gasteiger partial charge is 0.305 e. The molecule has 5 heteroatoms. The minimum Gasteiger partial charge on any atom is -0.481 e. The summed E-state index contributed by atoms with van der Waals surface area (Å²) in [6.45, 7) is 7.52. The van der Waals surface area contributed by atoms with Crippen molar-refractivity contribution < 1.29 is 14.7 Å². The van der Waals surface area contributed by atoms with Gasteiger partial charge in [0.15, 0.2) is 0 Å². The molecule has 0 aliphatic carbocycles. The number of amides is 1. The summed E-state index contributed by atoms with van der Waals surface area (Å²) in [4.78, 5) is 23.8. The fourth-order valence-corrected chi connectivity index (χ4v) is 1.57. The van der Waals surface area contributed by atoms with E-state index < -0.39 is 12.0 Å². The summed E-state index contributed by atoms with van der Waals surface area (Å²) < 4.78 is 0. The molecule has 88 valence electrons. The molecule has 0 heterocycles. The summed E-state index contributed by atoms with van der Waals surface area (Å²) >= 11 is 0. The van der Waals surface area contributed by atoms with Crippen LogP contribution in [0.15, 0.2) is 0 Å². The molecular formula is C10H20N2O3. The Morgan fingerprint density at radius 2 is 1.60 bits per heavy atom. The number of carbonyl (C=O) groups is 2. The van der Waals surface area contributed by atoms with Gasteiger partial charge in [-0.3, -0.25) is 9.59 Å². The van der Waals surface area contributed by atoms with Gasteiger partial charge in [-0.05, 0) is 27.7 Å². The molecule has 0 aromatic heterocycles. The molecular weight excluding hydrogens is 196 g/mol. The van der Waals surface area contributed by atoms with E-state index in [1.807, 2.05) is 27.7 Å². The molecule has 0 saturated heterocycles. The number of hydrogen-bond donors (Lipinski definition) is 2. The summed E-state index contributed by atoms with van der Waals surface area (Å²) in [5, 5.41) is 8.54. The second-order valence-corrected chi connectivity index (χ2v) is 4.14. The SMILES string of the molecule is CC(C)N(C(=O)C(N)CC(=O)O)C(C)C. The van der Waals surface area contributed by atoms with Crippen LogP contribution in [0.1, 0.15) is 34.1 Å². The van der Waals surface area contributed by atoms with Gasteiger partial charge in [-0.25, -0.2) is 0 Å². The third-order valence-electron chi connectivity index (χ3n) is 2.08. The van der Waals surface area contributed by atoms with E-state index in [2.05, 4.69) is 0 Å². The van der Waals surface area contributed by atoms with E-state index in [-0.39, 0.29) is 24.4 Å². The number of nitrogens with zero attached hydrogens (tertiary/aromatic N) is 1. The van der Waals surface area contributed by atoms with E-state index in [1.54, 1.807) is 4.90 Å². The minimum absolute atomic E-state index is 0.0253.